The van der Waals surface area contributed by atoms with Crippen LogP contribution in [0.1, 0.15) is 23.2 Å². The second kappa shape index (κ2) is 7.17. The van der Waals surface area contributed by atoms with Gasteiger partial charge in [-0.3, -0.25) is 9.59 Å². The van der Waals surface area contributed by atoms with E-state index >= 15 is 0 Å². The lowest BCUT2D eigenvalue weighted by Crippen LogP contribution is -2.23. The van der Waals surface area contributed by atoms with E-state index in [0.29, 0.717) is 23.5 Å². The molecule has 5 nitrogen and oxygen atoms in total. The van der Waals surface area contributed by atoms with Crippen molar-refractivity contribution in [1.82, 2.24) is 0 Å². The van der Waals surface area contributed by atoms with Gasteiger partial charge in [-0.2, -0.15) is 0 Å². The number of hydrogen-bond donors (Lipinski definition) is 0. The first-order valence-electron chi connectivity index (χ1n) is 7.88. The summed E-state index contributed by atoms with van der Waals surface area (Å²) >= 11 is 0. The number of benzene rings is 2. The molecule has 2 aromatic rings. The van der Waals surface area contributed by atoms with Gasteiger partial charge in [0.1, 0.15) is 0 Å². The fourth-order valence-electron chi connectivity index (χ4n) is 2.71. The van der Waals surface area contributed by atoms with Gasteiger partial charge in [-0.25, -0.2) is 0 Å². The van der Waals surface area contributed by atoms with Crippen LogP contribution in [-0.2, 0) is 4.79 Å². The summed E-state index contributed by atoms with van der Waals surface area (Å²) in [5.41, 5.74) is 1.39. The molecule has 0 bridgehead atoms. The van der Waals surface area contributed by atoms with Crippen LogP contribution in [0.5, 0.6) is 11.5 Å². The molecule has 24 heavy (non-hydrogen) atoms. The molecular weight excluding hydrogens is 306 g/mol. The fourth-order valence-corrected chi connectivity index (χ4v) is 2.71. The molecule has 1 saturated heterocycles. The monoisotopic (exact) mass is 325 g/mol. The number of Topliss-reactive ketones (excluding diaryl/α,β-unsaturated/α-hetero) is 1. The van der Waals surface area contributed by atoms with Gasteiger partial charge in [0.15, 0.2) is 23.9 Å². The molecule has 5 heteroatoms. The maximum Gasteiger partial charge on any atom is 0.227 e. The molecule has 0 spiro atoms. The Kier molecular flexibility index (Phi) is 4.79. The molecule has 0 unspecified atom stereocenters. The van der Waals surface area contributed by atoms with E-state index in [1.54, 1.807) is 48.4 Å². The first kappa shape index (κ1) is 16.1. The maximum atomic E-state index is 12.3. The molecule has 1 aliphatic heterocycles. The molecule has 1 heterocycles. The predicted molar refractivity (Wildman–Crippen MR) is 90.8 cm³/mol. The number of ketones is 1. The Morgan fingerprint density at radius 1 is 1.08 bits per heavy atom. The average Bonchev–Trinajstić information content (AvgIpc) is 3.06. The van der Waals surface area contributed by atoms with Crippen LogP contribution < -0.4 is 14.4 Å². The topological polar surface area (TPSA) is 55.8 Å². The number of anilines is 1. The molecule has 0 atom stereocenters. The highest BCUT2D eigenvalue weighted by molar-refractivity contribution is 5.99. The summed E-state index contributed by atoms with van der Waals surface area (Å²) in [5, 5.41) is 0. The molecule has 1 fully saturated rings. The Bertz CT molecular complexity index is 739. The van der Waals surface area contributed by atoms with Crippen LogP contribution >= 0.6 is 0 Å². The van der Waals surface area contributed by atoms with Crippen molar-refractivity contribution in [2.24, 2.45) is 0 Å². The van der Waals surface area contributed by atoms with E-state index in [-0.39, 0.29) is 18.3 Å². The second-order valence-electron chi connectivity index (χ2n) is 5.56. The molecule has 0 radical (unpaired) electrons. The van der Waals surface area contributed by atoms with Crippen LogP contribution in [-0.4, -0.2) is 32.0 Å². The lowest BCUT2D eigenvalue weighted by atomic mass is 10.1. The van der Waals surface area contributed by atoms with E-state index in [4.69, 9.17) is 9.47 Å². The Morgan fingerprint density at radius 2 is 1.79 bits per heavy atom. The maximum absolute atomic E-state index is 12.3. The highest BCUT2D eigenvalue weighted by atomic mass is 16.5. The zero-order chi connectivity index (χ0) is 16.9. The molecule has 0 saturated carbocycles. The minimum atomic E-state index is -0.125. The van der Waals surface area contributed by atoms with E-state index in [1.807, 2.05) is 12.1 Å². The lowest BCUT2D eigenvalue weighted by molar-refractivity contribution is -0.117. The van der Waals surface area contributed by atoms with Crippen LogP contribution in [0.25, 0.3) is 0 Å². The summed E-state index contributed by atoms with van der Waals surface area (Å²) in [6.45, 7) is 0.672. The average molecular weight is 325 g/mol. The number of para-hydroxylation sites is 2. The van der Waals surface area contributed by atoms with Crippen LogP contribution in [0.15, 0.2) is 48.5 Å². The van der Waals surface area contributed by atoms with Gasteiger partial charge in [-0.15, -0.1) is 0 Å². The number of carbonyl (C=O) groups is 2. The zero-order valence-corrected chi connectivity index (χ0v) is 13.5. The van der Waals surface area contributed by atoms with Crippen LogP contribution in [0, 0.1) is 0 Å². The van der Waals surface area contributed by atoms with Crippen molar-refractivity contribution in [1.29, 1.82) is 0 Å². The van der Waals surface area contributed by atoms with Crippen molar-refractivity contribution in [3.05, 3.63) is 54.1 Å². The molecule has 1 amide bonds. The van der Waals surface area contributed by atoms with Crippen molar-refractivity contribution >= 4 is 17.4 Å². The zero-order valence-electron chi connectivity index (χ0n) is 13.5. The van der Waals surface area contributed by atoms with Crippen molar-refractivity contribution < 1.29 is 19.1 Å². The number of carbonyl (C=O) groups excluding carboxylic acids is 2. The molecular formula is C19H19NO4. The normalized spacial score (nSPS) is 13.9. The lowest BCUT2D eigenvalue weighted by Gasteiger charge is -2.15. The fraction of sp³-hybridized carbons (Fsp3) is 0.263. The van der Waals surface area contributed by atoms with Gasteiger partial charge in [-0.1, -0.05) is 12.1 Å². The van der Waals surface area contributed by atoms with Gasteiger partial charge < -0.3 is 14.4 Å². The van der Waals surface area contributed by atoms with E-state index in [9.17, 15) is 9.59 Å². The van der Waals surface area contributed by atoms with Crippen molar-refractivity contribution in [2.75, 3.05) is 25.2 Å². The summed E-state index contributed by atoms with van der Waals surface area (Å²) in [5.74, 6) is 1.13. The Morgan fingerprint density at radius 3 is 2.42 bits per heavy atom. The minimum absolute atomic E-state index is 0.0671. The van der Waals surface area contributed by atoms with Crippen LogP contribution in [0.4, 0.5) is 5.69 Å². The summed E-state index contributed by atoms with van der Waals surface area (Å²) in [6.07, 6.45) is 1.47. The third-order valence-electron chi connectivity index (χ3n) is 4.00. The van der Waals surface area contributed by atoms with Gasteiger partial charge in [0.05, 0.1) is 7.11 Å². The third kappa shape index (κ3) is 3.40. The first-order valence-corrected chi connectivity index (χ1v) is 7.88. The molecule has 0 N–H and O–H groups in total. The predicted octanol–water partition coefficient (Wildman–Crippen LogP) is 3.08. The number of ether oxygens (including phenoxy) is 2. The van der Waals surface area contributed by atoms with Crippen molar-refractivity contribution in [3.63, 3.8) is 0 Å². The second-order valence-corrected chi connectivity index (χ2v) is 5.56. The van der Waals surface area contributed by atoms with Gasteiger partial charge >= 0.3 is 0 Å². The van der Waals surface area contributed by atoms with Crippen LogP contribution in [0.2, 0.25) is 0 Å². The summed E-state index contributed by atoms with van der Waals surface area (Å²) in [7, 11) is 1.56. The highest BCUT2D eigenvalue weighted by Gasteiger charge is 2.21. The van der Waals surface area contributed by atoms with Gasteiger partial charge in [0, 0.05) is 24.2 Å². The quantitative estimate of drug-likeness (QED) is 0.766. The first-order chi connectivity index (χ1) is 11.7. The molecule has 1 aliphatic rings. The minimum Gasteiger partial charge on any atom is -0.493 e. The Balaban J connectivity index is 1.64. The summed E-state index contributed by atoms with van der Waals surface area (Å²) in [4.78, 5) is 25.8. The number of methoxy groups -OCH3 is 1. The smallest absolute Gasteiger partial charge is 0.227 e. The van der Waals surface area contributed by atoms with E-state index in [2.05, 4.69) is 0 Å². The number of rotatable bonds is 6. The third-order valence-corrected chi connectivity index (χ3v) is 4.00. The van der Waals surface area contributed by atoms with Crippen molar-refractivity contribution in [2.45, 2.75) is 12.8 Å². The Hall–Kier alpha value is -2.82. The summed E-state index contributed by atoms with van der Waals surface area (Å²) in [6, 6.07) is 14.3. The number of nitrogens with zero attached hydrogens (tertiary/aromatic N) is 1. The molecule has 0 aliphatic carbocycles. The standard InChI is InChI=1S/C19H19NO4/c1-23-17-5-2-3-6-18(17)24-13-16(21)14-8-10-15(11-9-14)20-12-4-7-19(20)22/h2-3,5-6,8-11H,4,7,12-13H2,1H3. The highest BCUT2D eigenvalue weighted by Crippen LogP contribution is 2.26. The van der Waals surface area contributed by atoms with Crippen LogP contribution in [0.3, 0.4) is 0 Å². The molecule has 124 valence electrons. The SMILES string of the molecule is COc1ccccc1OCC(=O)c1ccc(N2CCCC2=O)cc1. The van der Waals surface area contributed by atoms with Crippen molar-refractivity contribution in [3.8, 4) is 11.5 Å². The summed E-state index contributed by atoms with van der Waals surface area (Å²) < 4.78 is 10.7. The van der Waals surface area contributed by atoms with E-state index in [0.717, 1.165) is 18.7 Å². The van der Waals surface area contributed by atoms with Gasteiger partial charge in [-0.05, 0) is 42.8 Å². The Labute approximate surface area is 140 Å². The van der Waals surface area contributed by atoms with E-state index in [1.165, 1.54) is 0 Å². The van der Waals surface area contributed by atoms with Gasteiger partial charge in [0.2, 0.25) is 5.91 Å². The largest absolute Gasteiger partial charge is 0.493 e. The molecule has 3 rings (SSSR count). The molecule has 0 aromatic heterocycles. The van der Waals surface area contributed by atoms with Gasteiger partial charge in [0.25, 0.3) is 0 Å². The molecule has 2 aromatic carbocycles. The van der Waals surface area contributed by atoms with E-state index < -0.39 is 0 Å². The number of hydrogen-bond acceptors (Lipinski definition) is 4. The number of amides is 1.